The van der Waals surface area contributed by atoms with Crippen LogP contribution in [0.15, 0.2) is 18.2 Å². The Bertz CT molecular complexity index is 443. The third-order valence-corrected chi connectivity index (χ3v) is 2.32. The predicted octanol–water partition coefficient (Wildman–Crippen LogP) is 1.15. The van der Waals surface area contributed by atoms with Crippen LogP contribution >= 0.6 is 12.2 Å². The molecule has 0 fully saturated rings. The monoisotopic (exact) mass is 251 g/mol. The van der Waals surface area contributed by atoms with Crippen LogP contribution in [0.5, 0.6) is 11.5 Å². The molecule has 2 N–H and O–H groups in total. The molecule has 5 nitrogen and oxygen atoms in total. The van der Waals surface area contributed by atoms with Gasteiger partial charge in [-0.1, -0.05) is 6.07 Å². The number of nitriles is 1. The zero-order valence-electron chi connectivity index (χ0n) is 9.61. The molecule has 0 aliphatic rings. The van der Waals surface area contributed by atoms with Crippen LogP contribution in [0.2, 0.25) is 0 Å². The molecule has 0 aromatic heterocycles. The molecule has 0 radical (unpaired) electrons. The van der Waals surface area contributed by atoms with Crippen molar-refractivity contribution in [2.45, 2.75) is 6.54 Å². The quantitative estimate of drug-likeness (QED) is 0.475. The lowest BCUT2D eigenvalue weighted by Crippen LogP contribution is -2.31. The molecule has 0 atom stereocenters. The Morgan fingerprint density at radius 1 is 1.35 bits per heavy atom. The minimum absolute atomic E-state index is 0.294. The second-order valence-corrected chi connectivity index (χ2v) is 3.52. The molecule has 6 heteroatoms. The number of ether oxygens (including phenoxy) is 2. The largest absolute Gasteiger partial charge is 0.493 e. The van der Waals surface area contributed by atoms with E-state index in [-0.39, 0.29) is 0 Å². The van der Waals surface area contributed by atoms with Crippen LogP contribution in [-0.4, -0.2) is 19.3 Å². The summed E-state index contributed by atoms with van der Waals surface area (Å²) in [6.07, 6.45) is 1.75. The van der Waals surface area contributed by atoms with Crippen LogP contribution in [0.1, 0.15) is 5.56 Å². The summed E-state index contributed by atoms with van der Waals surface area (Å²) in [6, 6.07) is 5.56. The molecule has 0 heterocycles. The van der Waals surface area contributed by atoms with E-state index < -0.39 is 0 Å². The minimum Gasteiger partial charge on any atom is -0.493 e. The number of rotatable bonds is 4. The lowest BCUT2D eigenvalue weighted by atomic mass is 10.2. The molecule has 90 valence electrons. The minimum atomic E-state index is 0.294. The summed E-state index contributed by atoms with van der Waals surface area (Å²) in [5.74, 6) is 1.33. The van der Waals surface area contributed by atoms with Gasteiger partial charge in [0.15, 0.2) is 22.8 Å². The molecule has 0 aliphatic heterocycles. The fourth-order valence-corrected chi connectivity index (χ4v) is 1.39. The molecule has 0 bridgehead atoms. The maximum absolute atomic E-state index is 8.36. The molecule has 1 aromatic carbocycles. The Morgan fingerprint density at radius 2 is 2.06 bits per heavy atom. The normalized spacial score (nSPS) is 9.00. The highest BCUT2D eigenvalue weighted by Gasteiger charge is 2.04. The molecular weight excluding hydrogens is 238 g/mol. The highest BCUT2D eigenvalue weighted by molar-refractivity contribution is 7.80. The van der Waals surface area contributed by atoms with E-state index in [2.05, 4.69) is 10.6 Å². The molecular formula is C11H13N3O2S. The van der Waals surface area contributed by atoms with Gasteiger partial charge >= 0.3 is 0 Å². The van der Waals surface area contributed by atoms with Crippen molar-refractivity contribution in [1.82, 2.24) is 10.6 Å². The number of hydrogen-bond acceptors (Lipinski definition) is 4. The van der Waals surface area contributed by atoms with E-state index in [1.165, 1.54) is 0 Å². The van der Waals surface area contributed by atoms with E-state index in [0.29, 0.717) is 23.2 Å². The van der Waals surface area contributed by atoms with Gasteiger partial charge in [0.05, 0.1) is 14.2 Å². The summed E-state index contributed by atoms with van der Waals surface area (Å²) in [4.78, 5) is 0. The first-order chi connectivity index (χ1) is 8.21. The number of hydrogen-bond donors (Lipinski definition) is 2. The summed E-state index contributed by atoms with van der Waals surface area (Å²) < 4.78 is 10.3. The molecule has 17 heavy (non-hydrogen) atoms. The van der Waals surface area contributed by atoms with Crippen LogP contribution in [0, 0.1) is 11.5 Å². The predicted molar refractivity (Wildman–Crippen MR) is 67.7 cm³/mol. The van der Waals surface area contributed by atoms with E-state index in [9.17, 15) is 0 Å². The first-order valence-electron chi connectivity index (χ1n) is 4.85. The van der Waals surface area contributed by atoms with Crippen molar-refractivity contribution in [3.8, 4) is 17.7 Å². The van der Waals surface area contributed by atoms with Crippen molar-refractivity contribution in [2.24, 2.45) is 0 Å². The van der Waals surface area contributed by atoms with Gasteiger partial charge in [0.2, 0.25) is 0 Å². The van der Waals surface area contributed by atoms with Gasteiger partial charge < -0.3 is 14.8 Å². The Hall–Kier alpha value is -2.00. The molecule has 1 rings (SSSR count). The molecule has 0 unspecified atom stereocenters. The first kappa shape index (κ1) is 13.1. The highest BCUT2D eigenvalue weighted by atomic mass is 32.1. The number of benzene rings is 1. The van der Waals surface area contributed by atoms with Crippen molar-refractivity contribution in [3.05, 3.63) is 23.8 Å². The molecule has 0 saturated heterocycles. The summed E-state index contributed by atoms with van der Waals surface area (Å²) in [5.41, 5.74) is 0.977. The molecule has 0 aliphatic carbocycles. The zero-order valence-corrected chi connectivity index (χ0v) is 10.4. The fourth-order valence-electron chi connectivity index (χ4n) is 1.27. The van der Waals surface area contributed by atoms with Crippen molar-refractivity contribution in [2.75, 3.05) is 14.2 Å². The SMILES string of the molecule is COc1ccc(CNC(=S)NC#N)cc1OC. The maximum Gasteiger partial charge on any atom is 0.183 e. The highest BCUT2D eigenvalue weighted by Crippen LogP contribution is 2.27. The van der Waals surface area contributed by atoms with Gasteiger partial charge in [0.25, 0.3) is 0 Å². The van der Waals surface area contributed by atoms with Crippen LogP contribution in [0.4, 0.5) is 0 Å². The number of thiocarbonyl (C=S) groups is 1. The van der Waals surface area contributed by atoms with Gasteiger partial charge in [0.1, 0.15) is 0 Å². The Labute approximate surface area is 105 Å². The third-order valence-electron chi connectivity index (χ3n) is 2.07. The number of methoxy groups -OCH3 is 2. The van der Waals surface area contributed by atoms with Crippen molar-refractivity contribution < 1.29 is 9.47 Å². The van der Waals surface area contributed by atoms with E-state index in [0.717, 1.165) is 5.56 Å². The van der Waals surface area contributed by atoms with Crippen LogP contribution in [-0.2, 0) is 6.54 Å². The standard InChI is InChI=1S/C11H13N3O2S/c1-15-9-4-3-8(5-10(9)16-2)6-13-11(17)14-7-12/h3-5H,6H2,1-2H3,(H2,13,14,17). The molecule has 0 amide bonds. The van der Waals surface area contributed by atoms with Crippen molar-refractivity contribution in [3.63, 3.8) is 0 Å². The van der Waals surface area contributed by atoms with Gasteiger partial charge in [-0.25, -0.2) is 0 Å². The van der Waals surface area contributed by atoms with Crippen LogP contribution in [0.3, 0.4) is 0 Å². The maximum atomic E-state index is 8.36. The fraction of sp³-hybridized carbons (Fsp3) is 0.273. The van der Waals surface area contributed by atoms with Crippen LogP contribution < -0.4 is 20.1 Å². The van der Waals surface area contributed by atoms with Crippen LogP contribution in [0.25, 0.3) is 0 Å². The smallest absolute Gasteiger partial charge is 0.183 e. The Kier molecular flexibility index (Phi) is 5.04. The van der Waals surface area contributed by atoms with Crippen molar-refractivity contribution in [1.29, 1.82) is 5.26 Å². The van der Waals surface area contributed by atoms with E-state index in [1.54, 1.807) is 20.4 Å². The zero-order chi connectivity index (χ0) is 12.7. The topological polar surface area (TPSA) is 66.3 Å². The van der Waals surface area contributed by atoms with Gasteiger partial charge in [-0.15, -0.1) is 0 Å². The second kappa shape index (κ2) is 6.55. The molecule has 0 saturated carbocycles. The Balaban J connectivity index is 2.67. The summed E-state index contributed by atoms with van der Waals surface area (Å²) in [5, 5.41) is 13.9. The average Bonchev–Trinajstić information content (AvgIpc) is 2.36. The lowest BCUT2D eigenvalue weighted by Gasteiger charge is -2.10. The first-order valence-corrected chi connectivity index (χ1v) is 5.26. The van der Waals surface area contributed by atoms with Gasteiger partial charge in [-0.05, 0) is 29.9 Å². The lowest BCUT2D eigenvalue weighted by molar-refractivity contribution is 0.354. The summed E-state index contributed by atoms with van der Waals surface area (Å²) >= 11 is 4.86. The molecule has 1 aromatic rings. The van der Waals surface area contributed by atoms with E-state index in [1.807, 2.05) is 18.2 Å². The second-order valence-electron chi connectivity index (χ2n) is 3.11. The Morgan fingerprint density at radius 3 is 2.65 bits per heavy atom. The van der Waals surface area contributed by atoms with E-state index >= 15 is 0 Å². The van der Waals surface area contributed by atoms with Gasteiger partial charge in [-0.3, -0.25) is 5.32 Å². The number of nitrogens with one attached hydrogen (secondary N) is 2. The van der Waals surface area contributed by atoms with Gasteiger partial charge in [0, 0.05) is 6.54 Å². The summed E-state index contributed by atoms with van der Waals surface area (Å²) in [7, 11) is 3.17. The number of nitrogens with zero attached hydrogens (tertiary/aromatic N) is 1. The van der Waals surface area contributed by atoms with E-state index in [4.69, 9.17) is 27.0 Å². The van der Waals surface area contributed by atoms with Gasteiger partial charge in [-0.2, -0.15) is 5.26 Å². The molecule has 0 spiro atoms. The third kappa shape index (κ3) is 3.81. The average molecular weight is 251 g/mol. The summed E-state index contributed by atoms with van der Waals surface area (Å²) in [6.45, 7) is 0.508. The van der Waals surface area contributed by atoms with Crippen molar-refractivity contribution >= 4 is 17.3 Å².